The first-order valence-electron chi connectivity index (χ1n) is 5.89. The zero-order valence-electron chi connectivity index (χ0n) is 10.2. The Bertz CT molecular complexity index is 385. The molecule has 0 bridgehead atoms. The Morgan fingerprint density at radius 3 is 2.94 bits per heavy atom. The summed E-state index contributed by atoms with van der Waals surface area (Å²) < 4.78 is 5.42. The van der Waals surface area contributed by atoms with Gasteiger partial charge in [0.15, 0.2) is 0 Å². The third-order valence-corrected chi connectivity index (χ3v) is 2.37. The van der Waals surface area contributed by atoms with Crippen LogP contribution in [0.4, 0.5) is 11.4 Å². The largest absolute Gasteiger partial charge is 0.399 e. The third-order valence-electron chi connectivity index (χ3n) is 2.37. The predicted octanol–water partition coefficient (Wildman–Crippen LogP) is 2.37. The van der Waals surface area contributed by atoms with E-state index in [1.54, 1.807) is 12.1 Å². The molecule has 0 aliphatic carbocycles. The van der Waals surface area contributed by atoms with Crippen molar-refractivity contribution in [3.8, 4) is 6.07 Å². The van der Waals surface area contributed by atoms with Crippen LogP contribution in [0.2, 0.25) is 0 Å². The molecule has 1 aromatic carbocycles. The number of anilines is 2. The minimum atomic E-state index is 0.568. The van der Waals surface area contributed by atoms with Gasteiger partial charge in [0.25, 0.3) is 0 Å². The van der Waals surface area contributed by atoms with E-state index in [0.717, 1.165) is 25.1 Å². The van der Waals surface area contributed by atoms with Crippen molar-refractivity contribution in [2.45, 2.75) is 19.8 Å². The molecule has 0 unspecified atom stereocenters. The van der Waals surface area contributed by atoms with E-state index >= 15 is 0 Å². The maximum Gasteiger partial charge on any atom is 0.101 e. The lowest BCUT2D eigenvalue weighted by Crippen LogP contribution is -2.11. The Morgan fingerprint density at radius 2 is 2.24 bits per heavy atom. The molecule has 0 spiro atoms. The van der Waals surface area contributed by atoms with Crippen LogP contribution in [0.1, 0.15) is 25.3 Å². The number of nitrogens with one attached hydrogen (secondary N) is 1. The summed E-state index contributed by atoms with van der Waals surface area (Å²) in [4.78, 5) is 0. The van der Waals surface area contributed by atoms with E-state index in [2.05, 4.69) is 18.3 Å². The zero-order valence-corrected chi connectivity index (χ0v) is 10.2. The molecule has 0 heterocycles. The molecule has 0 aliphatic heterocycles. The van der Waals surface area contributed by atoms with Gasteiger partial charge in [-0.1, -0.05) is 13.3 Å². The van der Waals surface area contributed by atoms with Crippen LogP contribution in [0.5, 0.6) is 0 Å². The Kier molecular flexibility index (Phi) is 5.91. The quantitative estimate of drug-likeness (QED) is 0.560. The molecule has 92 valence electrons. The van der Waals surface area contributed by atoms with Gasteiger partial charge in [-0.25, -0.2) is 0 Å². The number of rotatable bonds is 7. The van der Waals surface area contributed by atoms with E-state index in [4.69, 9.17) is 15.7 Å². The van der Waals surface area contributed by atoms with Gasteiger partial charge in [0.2, 0.25) is 0 Å². The summed E-state index contributed by atoms with van der Waals surface area (Å²) >= 11 is 0. The second-order valence-corrected chi connectivity index (χ2v) is 3.81. The molecule has 0 amide bonds. The van der Waals surface area contributed by atoms with Crippen molar-refractivity contribution < 1.29 is 4.74 Å². The van der Waals surface area contributed by atoms with E-state index in [0.29, 0.717) is 24.4 Å². The lowest BCUT2D eigenvalue weighted by molar-refractivity contribution is 0.141. The van der Waals surface area contributed by atoms with E-state index in [-0.39, 0.29) is 0 Å². The van der Waals surface area contributed by atoms with Crippen LogP contribution in [-0.4, -0.2) is 19.8 Å². The minimum Gasteiger partial charge on any atom is -0.399 e. The summed E-state index contributed by atoms with van der Waals surface area (Å²) in [6.45, 7) is 4.28. The average Bonchev–Trinajstić information content (AvgIpc) is 2.35. The maximum absolute atomic E-state index is 8.94. The lowest BCUT2D eigenvalue weighted by Gasteiger charge is -2.09. The molecule has 0 aliphatic rings. The van der Waals surface area contributed by atoms with Crippen molar-refractivity contribution >= 4 is 11.4 Å². The number of nitrogen functional groups attached to an aromatic ring is 1. The van der Waals surface area contributed by atoms with Gasteiger partial charge in [-0.15, -0.1) is 0 Å². The molecule has 0 atom stereocenters. The van der Waals surface area contributed by atoms with Crippen LogP contribution in [0.3, 0.4) is 0 Å². The van der Waals surface area contributed by atoms with Gasteiger partial charge in [-0.2, -0.15) is 5.26 Å². The smallest absolute Gasteiger partial charge is 0.101 e. The summed E-state index contributed by atoms with van der Waals surface area (Å²) in [5, 5.41) is 12.1. The Labute approximate surface area is 102 Å². The number of hydrogen-bond donors (Lipinski definition) is 2. The third kappa shape index (κ3) is 4.75. The molecule has 0 saturated carbocycles. The standard InChI is InChI=1S/C13H19N3O/c1-2-3-7-17-8-6-16-13-5-4-12(15)9-11(13)10-14/h4-5,9,16H,2-3,6-8,15H2,1H3. The highest BCUT2D eigenvalue weighted by Crippen LogP contribution is 2.17. The van der Waals surface area contributed by atoms with Gasteiger partial charge in [0.1, 0.15) is 6.07 Å². The van der Waals surface area contributed by atoms with E-state index in [1.165, 1.54) is 0 Å². The Morgan fingerprint density at radius 1 is 1.41 bits per heavy atom. The van der Waals surface area contributed by atoms with Gasteiger partial charge in [-0.3, -0.25) is 0 Å². The number of hydrogen-bond acceptors (Lipinski definition) is 4. The lowest BCUT2D eigenvalue weighted by atomic mass is 10.2. The Balaban J connectivity index is 2.34. The van der Waals surface area contributed by atoms with Crippen LogP contribution in [0.15, 0.2) is 18.2 Å². The maximum atomic E-state index is 8.94. The number of benzene rings is 1. The van der Waals surface area contributed by atoms with Crippen molar-refractivity contribution in [1.29, 1.82) is 5.26 Å². The van der Waals surface area contributed by atoms with Crippen molar-refractivity contribution in [2.75, 3.05) is 30.8 Å². The molecule has 17 heavy (non-hydrogen) atoms. The van der Waals surface area contributed by atoms with Crippen LogP contribution in [0, 0.1) is 11.3 Å². The summed E-state index contributed by atoms with van der Waals surface area (Å²) in [6, 6.07) is 7.38. The molecule has 0 radical (unpaired) electrons. The highest BCUT2D eigenvalue weighted by molar-refractivity contribution is 5.62. The highest BCUT2D eigenvalue weighted by atomic mass is 16.5. The fraction of sp³-hybridized carbons (Fsp3) is 0.462. The zero-order chi connectivity index (χ0) is 12.5. The summed E-state index contributed by atoms with van der Waals surface area (Å²) in [6.07, 6.45) is 2.23. The van der Waals surface area contributed by atoms with Crippen molar-refractivity contribution in [3.05, 3.63) is 23.8 Å². The number of nitriles is 1. The summed E-state index contributed by atoms with van der Waals surface area (Å²) in [5.41, 5.74) is 7.59. The van der Waals surface area contributed by atoms with Gasteiger partial charge in [0, 0.05) is 18.8 Å². The molecule has 1 rings (SSSR count). The Hall–Kier alpha value is -1.73. The molecule has 3 N–H and O–H groups in total. The molecular weight excluding hydrogens is 214 g/mol. The molecule has 4 nitrogen and oxygen atoms in total. The van der Waals surface area contributed by atoms with E-state index < -0.39 is 0 Å². The predicted molar refractivity (Wildman–Crippen MR) is 69.8 cm³/mol. The molecule has 0 fully saturated rings. The van der Waals surface area contributed by atoms with Gasteiger partial charge < -0.3 is 15.8 Å². The van der Waals surface area contributed by atoms with Crippen molar-refractivity contribution in [1.82, 2.24) is 0 Å². The summed E-state index contributed by atoms with van der Waals surface area (Å²) in [5.74, 6) is 0. The number of unbranched alkanes of at least 4 members (excludes halogenated alkanes) is 1. The first-order chi connectivity index (χ1) is 8.27. The van der Waals surface area contributed by atoms with Crippen LogP contribution < -0.4 is 11.1 Å². The fourth-order valence-electron chi connectivity index (χ4n) is 1.41. The van der Waals surface area contributed by atoms with Crippen molar-refractivity contribution in [2.24, 2.45) is 0 Å². The molecule has 1 aromatic rings. The number of ether oxygens (including phenoxy) is 1. The molecule has 0 saturated heterocycles. The van der Waals surface area contributed by atoms with Gasteiger partial charge in [0.05, 0.1) is 17.9 Å². The fourth-order valence-corrected chi connectivity index (χ4v) is 1.41. The minimum absolute atomic E-state index is 0.568. The second-order valence-electron chi connectivity index (χ2n) is 3.81. The normalized spacial score (nSPS) is 9.88. The first-order valence-corrected chi connectivity index (χ1v) is 5.89. The first kappa shape index (κ1) is 13.3. The molecule has 4 heteroatoms. The topological polar surface area (TPSA) is 71.1 Å². The number of nitrogens with zero attached hydrogens (tertiary/aromatic N) is 1. The number of nitrogens with two attached hydrogens (primary N) is 1. The van der Waals surface area contributed by atoms with E-state index in [9.17, 15) is 0 Å². The van der Waals surface area contributed by atoms with Crippen LogP contribution >= 0.6 is 0 Å². The highest BCUT2D eigenvalue weighted by Gasteiger charge is 2.01. The van der Waals surface area contributed by atoms with Gasteiger partial charge in [-0.05, 0) is 24.6 Å². The average molecular weight is 233 g/mol. The molecule has 0 aromatic heterocycles. The van der Waals surface area contributed by atoms with Crippen LogP contribution in [-0.2, 0) is 4.74 Å². The van der Waals surface area contributed by atoms with Crippen LogP contribution in [0.25, 0.3) is 0 Å². The van der Waals surface area contributed by atoms with Gasteiger partial charge >= 0.3 is 0 Å². The summed E-state index contributed by atoms with van der Waals surface area (Å²) in [7, 11) is 0. The SMILES string of the molecule is CCCCOCCNc1ccc(N)cc1C#N. The second kappa shape index (κ2) is 7.53. The molecular formula is C13H19N3O. The van der Waals surface area contributed by atoms with Crippen molar-refractivity contribution in [3.63, 3.8) is 0 Å². The monoisotopic (exact) mass is 233 g/mol. The van der Waals surface area contributed by atoms with E-state index in [1.807, 2.05) is 6.07 Å².